The Morgan fingerprint density at radius 2 is 2.05 bits per heavy atom. The smallest absolute Gasteiger partial charge is 0.293 e. The largest absolute Gasteiger partial charge is 0.382 e. The van der Waals surface area contributed by atoms with E-state index in [1.165, 1.54) is 12.2 Å². The van der Waals surface area contributed by atoms with Crippen molar-refractivity contribution in [3.63, 3.8) is 0 Å². The Balaban J connectivity index is 2.37. The normalized spacial score (nSPS) is 11.1. The minimum Gasteiger partial charge on any atom is -0.382 e. The minimum absolute atomic E-state index is 0.231. The van der Waals surface area contributed by atoms with Crippen LogP contribution in [0.1, 0.15) is 10.5 Å². The third-order valence-electron chi connectivity index (χ3n) is 3.29. The van der Waals surface area contributed by atoms with Crippen LogP contribution in [0.15, 0.2) is 28.7 Å². The zero-order valence-corrected chi connectivity index (χ0v) is 14.4. The molecular weight excluding hydrogens is 352 g/mol. The predicted octanol–water partition coefficient (Wildman–Crippen LogP) is 2.66. The molecule has 0 saturated heterocycles. The van der Waals surface area contributed by atoms with E-state index in [1.54, 1.807) is 14.2 Å². The summed E-state index contributed by atoms with van der Waals surface area (Å²) in [6.07, 6.45) is 0. The number of nitrogens with zero attached hydrogens (tertiary/aromatic N) is 2. The highest BCUT2D eigenvalue weighted by Crippen LogP contribution is 2.24. The maximum absolute atomic E-state index is 12.4. The van der Waals surface area contributed by atoms with Crippen molar-refractivity contribution in [2.24, 2.45) is 0 Å². The van der Waals surface area contributed by atoms with Gasteiger partial charge in [-0.1, -0.05) is 15.9 Å². The van der Waals surface area contributed by atoms with Crippen LogP contribution in [0.3, 0.4) is 0 Å². The standard InChI is InChI=1S/C15H19BrN2O4/c1-17(21-3)15(19)14-9-11-8-12(16)4-5-13(11)18(14)10-22-7-6-20-2/h4-5,8-9H,6-7,10H2,1-3H3. The van der Waals surface area contributed by atoms with E-state index in [2.05, 4.69) is 15.9 Å². The Labute approximate surface area is 137 Å². The molecule has 0 spiro atoms. The topological polar surface area (TPSA) is 52.9 Å². The molecule has 1 heterocycles. The zero-order chi connectivity index (χ0) is 16.1. The first-order chi connectivity index (χ1) is 10.6. The SMILES string of the molecule is COCCOCn1c(C(=O)N(C)OC)cc2cc(Br)ccc21. The molecule has 0 unspecified atom stereocenters. The average molecular weight is 371 g/mol. The second-order valence-electron chi connectivity index (χ2n) is 4.68. The van der Waals surface area contributed by atoms with Gasteiger partial charge in [0.25, 0.3) is 5.91 Å². The molecule has 2 aromatic rings. The van der Waals surface area contributed by atoms with Gasteiger partial charge in [0.05, 0.1) is 25.8 Å². The van der Waals surface area contributed by atoms with E-state index in [-0.39, 0.29) is 12.6 Å². The van der Waals surface area contributed by atoms with E-state index in [1.807, 2.05) is 28.8 Å². The highest BCUT2D eigenvalue weighted by molar-refractivity contribution is 9.10. The summed E-state index contributed by atoms with van der Waals surface area (Å²) in [6.45, 7) is 1.24. The maximum Gasteiger partial charge on any atom is 0.293 e. The van der Waals surface area contributed by atoms with Crippen molar-refractivity contribution in [2.45, 2.75) is 6.73 Å². The van der Waals surface area contributed by atoms with Gasteiger partial charge in [-0.05, 0) is 24.3 Å². The first kappa shape index (κ1) is 17.0. The van der Waals surface area contributed by atoms with Crippen LogP contribution in [0, 0.1) is 0 Å². The van der Waals surface area contributed by atoms with E-state index < -0.39 is 0 Å². The summed E-state index contributed by atoms with van der Waals surface area (Å²) in [5.74, 6) is -0.231. The van der Waals surface area contributed by atoms with Gasteiger partial charge in [-0.25, -0.2) is 5.06 Å². The molecule has 22 heavy (non-hydrogen) atoms. The van der Waals surface area contributed by atoms with E-state index in [4.69, 9.17) is 14.3 Å². The van der Waals surface area contributed by atoms with Crippen molar-refractivity contribution < 1.29 is 19.1 Å². The Kier molecular flexibility index (Phi) is 5.96. The number of fused-ring (bicyclic) bond motifs is 1. The summed E-state index contributed by atoms with van der Waals surface area (Å²) in [5, 5.41) is 2.15. The second-order valence-corrected chi connectivity index (χ2v) is 5.59. The van der Waals surface area contributed by atoms with Crippen LogP contribution >= 0.6 is 15.9 Å². The summed E-state index contributed by atoms with van der Waals surface area (Å²) < 4.78 is 13.3. The van der Waals surface area contributed by atoms with E-state index >= 15 is 0 Å². The molecule has 1 aromatic heterocycles. The van der Waals surface area contributed by atoms with Crippen LogP contribution in [-0.2, 0) is 21.0 Å². The number of rotatable bonds is 7. The number of aromatic nitrogens is 1. The molecule has 6 nitrogen and oxygen atoms in total. The molecule has 0 fully saturated rings. The number of halogens is 1. The summed E-state index contributed by atoms with van der Waals surface area (Å²) in [6, 6.07) is 7.67. The van der Waals surface area contributed by atoms with E-state index in [0.717, 1.165) is 15.4 Å². The van der Waals surface area contributed by atoms with Crippen LogP contribution < -0.4 is 0 Å². The molecule has 0 aliphatic rings. The summed E-state index contributed by atoms with van der Waals surface area (Å²) in [7, 11) is 4.65. The van der Waals surface area contributed by atoms with Gasteiger partial charge in [0.15, 0.2) is 0 Å². The monoisotopic (exact) mass is 370 g/mol. The minimum atomic E-state index is -0.231. The van der Waals surface area contributed by atoms with Crippen molar-refractivity contribution in [1.82, 2.24) is 9.63 Å². The molecule has 0 bridgehead atoms. The van der Waals surface area contributed by atoms with E-state index in [9.17, 15) is 4.79 Å². The Hall–Kier alpha value is -1.41. The van der Waals surface area contributed by atoms with Crippen LogP contribution in [0.4, 0.5) is 0 Å². The molecule has 1 amide bonds. The van der Waals surface area contributed by atoms with Gasteiger partial charge < -0.3 is 14.0 Å². The van der Waals surface area contributed by atoms with Gasteiger partial charge in [0, 0.05) is 24.0 Å². The number of carbonyl (C=O) groups excluding carboxylic acids is 1. The fraction of sp³-hybridized carbons (Fsp3) is 0.400. The number of amides is 1. The lowest BCUT2D eigenvalue weighted by atomic mass is 10.2. The quantitative estimate of drug-likeness (QED) is 0.555. The highest BCUT2D eigenvalue weighted by Gasteiger charge is 2.19. The van der Waals surface area contributed by atoms with Gasteiger partial charge in [0.2, 0.25) is 0 Å². The number of methoxy groups -OCH3 is 1. The summed E-state index contributed by atoms with van der Waals surface area (Å²) in [5.41, 5.74) is 1.43. The lowest BCUT2D eigenvalue weighted by Gasteiger charge is -2.16. The maximum atomic E-state index is 12.4. The van der Waals surface area contributed by atoms with E-state index in [0.29, 0.717) is 18.9 Å². The Morgan fingerprint density at radius 3 is 2.73 bits per heavy atom. The molecule has 1 aromatic carbocycles. The number of hydroxylamine groups is 2. The third kappa shape index (κ3) is 3.67. The Bertz CT molecular complexity index is 656. The molecule has 2 rings (SSSR count). The van der Waals surface area contributed by atoms with Crippen molar-refractivity contribution in [2.75, 3.05) is 34.5 Å². The van der Waals surface area contributed by atoms with Crippen molar-refractivity contribution in [1.29, 1.82) is 0 Å². The Morgan fingerprint density at radius 1 is 1.27 bits per heavy atom. The number of hydrogen-bond acceptors (Lipinski definition) is 4. The zero-order valence-electron chi connectivity index (χ0n) is 12.8. The molecule has 7 heteroatoms. The lowest BCUT2D eigenvalue weighted by molar-refractivity contribution is -0.0767. The van der Waals surface area contributed by atoms with Crippen LogP contribution in [0.2, 0.25) is 0 Å². The molecule has 0 saturated carbocycles. The molecule has 0 N–H and O–H groups in total. The summed E-state index contributed by atoms with van der Waals surface area (Å²) in [4.78, 5) is 17.4. The molecule has 120 valence electrons. The van der Waals surface area contributed by atoms with Crippen LogP contribution in [0.25, 0.3) is 10.9 Å². The van der Waals surface area contributed by atoms with Gasteiger partial charge in [-0.2, -0.15) is 0 Å². The van der Waals surface area contributed by atoms with Crippen molar-refractivity contribution in [3.05, 3.63) is 34.4 Å². The fourth-order valence-corrected chi connectivity index (χ4v) is 2.48. The highest BCUT2D eigenvalue weighted by atomic mass is 79.9. The molecule has 0 aliphatic carbocycles. The third-order valence-corrected chi connectivity index (χ3v) is 3.79. The number of hydrogen-bond donors (Lipinski definition) is 0. The number of benzene rings is 1. The molecule has 0 atom stereocenters. The van der Waals surface area contributed by atoms with Crippen LogP contribution in [-0.4, -0.2) is 50.0 Å². The van der Waals surface area contributed by atoms with Crippen molar-refractivity contribution >= 4 is 32.7 Å². The van der Waals surface area contributed by atoms with Gasteiger partial charge in [-0.15, -0.1) is 0 Å². The fourth-order valence-electron chi connectivity index (χ4n) is 2.10. The number of carbonyl (C=O) groups is 1. The lowest BCUT2D eigenvalue weighted by Crippen LogP contribution is -2.28. The van der Waals surface area contributed by atoms with Gasteiger partial charge >= 0.3 is 0 Å². The second kappa shape index (κ2) is 7.73. The first-order valence-electron chi connectivity index (χ1n) is 6.76. The van der Waals surface area contributed by atoms with Gasteiger partial charge in [-0.3, -0.25) is 9.63 Å². The first-order valence-corrected chi connectivity index (χ1v) is 7.55. The number of ether oxygens (including phenoxy) is 2. The van der Waals surface area contributed by atoms with Crippen LogP contribution in [0.5, 0.6) is 0 Å². The average Bonchev–Trinajstić information content (AvgIpc) is 2.87. The van der Waals surface area contributed by atoms with Crippen molar-refractivity contribution in [3.8, 4) is 0 Å². The predicted molar refractivity (Wildman–Crippen MR) is 86.6 cm³/mol. The summed E-state index contributed by atoms with van der Waals surface area (Å²) >= 11 is 3.44. The molecule has 0 radical (unpaired) electrons. The molecule has 0 aliphatic heterocycles. The molecular formula is C15H19BrN2O4. The van der Waals surface area contributed by atoms with Gasteiger partial charge in [0.1, 0.15) is 12.4 Å².